The lowest BCUT2D eigenvalue weighted by Gasteiger charge is -2.38. The third-order valence-corrected chi connectivity index (χ3v) is 3.13. The quantitative estimate of drug-likeness (QED) is 0.705. The lowest BCUT2D eigenvalue weighted by Crippen LogP contribution is -2.44. The van der Waals surface area contributed by atoms with Crippen LogP contribution in [0.25, 0.3) is 0 Å². The molecule has 0 spiro atoms. The first kappa shape index (κ1) is 13.8. The van der Waals surface area contributed by atoms with Crippen LogP contribution in [0.2, 0.25) is 0 Å². The zero-order chi connectivity index (χ0) is 13.1. The molecular formula is C13H22N2O2. The molecule has 0 N–H and O–H groups in total. The first-order valence-corrected chi connectivity index (χ1v) is 6.11. The number of carbonyl (C=O) groups excluding carboxylic acids is 1. The van der Waals surface area contributed by atoms with E-state index in [1.165, 1.54) is 0 Å². The van der Waals surface area contributed by atoms with E-state index in [1.807, 2.05) is 20.8 Å². The number of carbonyl (C=O) groups is 1. The maximum Gasteiger partial charge on any atom is 0.410 e. The Morgan fingerprint density at radius 1 is 1.41 bits per heavy atom. The second-order valence-corrected chi connectivity index (χ2v) is 6.11. The van der Waals surface area contributed by atoms with E-state index in [2.05, 4.69) is 13.0 Å². The molecule has 1 heterocycles. The van der Waals surface area contributed by atoms with Gasteiger partial charge in [-0.25, -0.2) is 4.79 Å². The van der Waals surface area contributed by atoms with E-state index in [1.54, 1.807) is 4.90 Å². The molecule has 17 heavy (non-hydrogen) atoms. The smallest absolute Gasteiger partial charge is 0.410 e. The van der Waals surface area contributed by atoms with Crippen molar-refractivity contribution in [2.45, 2.75) is 52.6 Å². The van der Waals surface area contributed by atoms with Gasteiger partial charge in [-0.1, -0.05) is 6.92 Å². The fraction of sp³-hybridized carbons (Fsp3) is 0.846. The number of piperidine rings is 1. The molecular weight excluding hydrogens is 216 g/mol. The fourth-order valence-electron chi connectivity index (χ4n) is 1.92. The Kier molecular flexibility index (Phi) is 4.03. The summed E-state index contributed by atoms with van der Waals surface area (Å²) in [6.07, 6.45) is 2.07. The predicted molar refractivity (Wildman–Crippen MR) is 65.4 cm³/mol. The molecule has 0 bridgehead atoms. The van der Waals surface area contributed by atoms with Gasteiger partial charge in [-0.15, -0.1) is 0 Å². The second-order valence-electron chi connectivity index (χ2n) is 6.11. The van der Waals surface area contributed by atoms with E-state index < -0.39 is 5.60 Å². The van der Waals surface area contributed by atoms with Crippen molar-refractivity contribution >= 4 is 6.09 Å². The van der Waals surface area contributed by atoms with Crippen molar-refractivity contribution in [1.29, 1.82) is 5.26 Å². The van der Waals surface area contributed by atoms with Gasteiger partial charge in [0, 0.05) is 19.5 Å². The van der Waals surface area contributed by atoms with Gasteiger partial charge in [0.1, 0.15) is 5.60 Å². The van der Waals surface area contributed by atoms with Gasteiger partial charge in [0.15, 0.2) is 0 Å². The topological polar surface area (TPSA) is 53.3 Å². The van der Waals surface area contributed by atoms with Gasteiger partial charge in [0.2, 0.25) is 0 Å². The molecule has 0 aromatic heterocycles. The molecule has 1 saturated heterocycles. The summed E-state index contributed by atoms with van der Waals surface area (Å²) in [6, 6.07) is 2.23. The molecule has 1 amide bonds. The van der Waals surface area contributed by atoms with Crippen LogP contribution >= 0.6 is 0 Å². The Bertz CT molecular complexity index is 317. The van der Waals surface area contributed by atoms with Crippen LogP contribution in [0.5, 0.6) is 0 Å². The minimum atomic E-state index is -0.440. The third kappa shape index (κ3) is 4.26. The van der Waals surface area contributed by atoms with Crippen molar-refractivity contribution in [3.8, 4) is 6.07 Å². The number of hydrogen-bond donors (Lipinski definition) is 0. The molecule has 4 nitrogen and oxygen atoms in total. The van der Waals surface area contributed by atoms with E-state index in [-0.39, 0.29) is 11.5 Å². The normalized spacial score (nSPS) is 19.6. The zero-order valence-electron chi connectivity index (χ0n) is 11.2. The summed E-state index contributed by atoms with van der Waals surface area (Å²) in [5.74, 6) is 0. The maximum atomic E-state index is 11.8. The van der Waals surface area contributed by atoms with Gasteiger partial charge >= 0.3 is 6.09 Å². The van der Waals surface area contributed by atoms with Crippen molar-refractivity contribution in [2.75, 3.05) is 13.1 Å². The monoisotopic (exact) mass is 238 g/mol. The highest BCUT2D eigenvalue weighted by molar-refractivity contribution is 5.68. The van der Waals surface area contributed by atoms with Gasteiger partial charge < -0.3 is 9.64 Å². The Morgan fingerprint density at radius 3 is 2.35 bits per heavy atom. The summed E-state index contributed by atoms with van der Waals surface area (Å²) < 4.78 is 5.33. The van der Waals surface area contributed by atoms with Crippen LogP contribution in [0.3, 0.4) is 0 Å². The second kappa shape index (κ2) is 4.95. The Hall–Kier alpha value is -1.24. The molecule has 0 atom stereocenters. The number of likely N-dealkylation sites (tertiary alicyclic amines) is 1. The van der Waals surface area contributed by atoms with E-state index in [4.69, 9.17) is 10.00 Å². The predicted octanol–water partition coefficient (Wildman–Crippen LogP) is 2.94. The van der Waals surface area contributed by atoms with Crippen LogP contribution in [-0.2, 0) is 4.74 Å². The molecule has 1 fully saturated rings. The standard InChI is InChI=1S/C13H22N2O2/c1-12(2,3)17-11(16)15-9-6-13(4,5-8-14)7-10-15/h5-7,9-10H2,1-4H3. The molecule has 4 heteroatoms. The van der Waals surface area contributed by atoms with E-state index in [0.717, 1.165) is 12.8 Å². The van der Waals surface area contributed by atoms with Crippen molar-refractivity contribution < 1.29 is 9.53 Å². The zero-order valence-corrected chi connectivity index (χ0v) is 11.2. The highest BCUT2D eigenvalue weighted by atomic mass is 16.6. The first-order valence-electron chi connectivity index (χ1n) is 6.11. The van der Waals surface area contributed by atoms with Crippen LogP contribution in [-0.4, -0.2) is 29.7 Å². The van der Waals surface area contributed by atoms with Crippen LogP contribution in [0.1, 0.15) is 47.0 Å². The number of ether oxygens (including phenoxy) is 1. The van der Waals surface area contributed by atoms with Gasteiger partial charge in [0.05, 0.1) is 6.07 Å². The molecule has 96 valence electrons. The lowest BCUT2D eigenvalue weighted by molar-refractivity contribution is 0.0123. The number of hydrogen-bond acceptors (Lipinski definition) is 3. The number of amides is 1. The van der Waals surface area contributed by atoms with Crippen molar-refractivity contribution in [3.63, 3.8) is 0 Å². The molecule has 0 aliphatic carbocycles. The fourth-order valence-corrected chi connectivity index (χ4v) is 1.92. The molecule has 1 rings (SSSR count). The van der Waals surface area contributed by atoms with E-state index in [9.17, 15) is 4.79 Å². The van der Waals surface area contributed by atoms with Crippen LogP contribution in [0.4, 0.5) is 4.79 Å². The van der Waals surface area contributed by atoms with Gasteiger partial charge in [-0.2, -0.15) is 5.26 Å². The molecule has 0 radical (unpaired) electrons. The summed E-state index contributed by atoms with van der Waals surface area (Å²) in [6.45, 7) is 9.10. The number of nitrogens with zero attached hydrogens (tertiary/aromatic N) is 2. The molecule has 0 aromatic rings. The average molecular weight is 238 g/mol. The van der Waals surface area contributed by atoms with Crippen LogP contribution in [0.15, 0.2) is 0 Å². The van der Waals surface area contributed by atoms with Crippen LogP contribution < -0.4 is 0 Å². The molecule has 0 aromatic carbocycles. The Morgan fingerprint density at radius 2 is 1.94 bits per heavy atom. The first-order chi connectivity index (χ1) is 7.76. The summed E-state index contributed by atoms with van der Waals surface area (Å²) in [4.78, 5) is 13.6. The minimum absolute atomic E-state index is 0.0628. The lowest BCUT2D eigenvalue weighted by atomic mass is 9.78. The number of rotatable bonds is 1. The summed E-state index contributed by atoms with van der Waals surface area (Å²) in [5.41, 5.74) is -0.377. The SMILES string of the molecule is CC1(CC#N)CCN(C(=O)OC(C)(C)C)CC1. The van der Waals surface area contributed by atoms with Crippen molar-refractivity contribution in [2.24, 2.45) is 5.41 Å². The maximum absolute atomic E-state index is 11.8. The highest BCUT2D eigenvalue weighted by Crippen LogP contribution is 2.34. The van der Waals surface area contributed by atoms with Crippen molar-refractivity contribution in [3.05, 3.63) is 0 Å². The van der Waals surface area contributed by atoms with Gasteiger partial charge in [-0.05, 0) is 39.0 Å². The Labute approximate surface area is 104 Å². The number of nitriles is 1. The summed E-state index contributed by atoms with van der Waals surface area (Å²) >= 11 is 0. The molecule has 1 aliphatic rings. The van der Waals surface area contributed by atoms with E-state index >= 15 is 0 Å². The minimum Gasteiger partial charge on any atom is -0.444 e. The molecule has 0 unspecified atom stereocenters. The largest absolute Gasteiger partial charge is 0.444 e. The van der Waals surface area contributed by atoms with Crippen molar-refractivity contribution in [1.82, 2.24) is 4.90 Å². The summed E-state index contributed by atoms with van der Waals surface area (Å²) in [7, 11) is 0. The summed E-state index contributed by atoms with van der Waals surface area (Å²) in [5, 5.41) is 8.76. The van der Waals surface area contributed by atoms with E-state index in [0.29, 0.717) is 19.5 Å². The van der Waals surface area contributed by atoms with Crippen LogP contribution in [0, 0.1) is 16.7 Å². The van der Waals surface area contributed by atoms with Gasteiger partial charge in [0.25, 0.3) is 0 Å². The average Bonchev–Trinajstić information content (AvgIpc) is 2.15. The highest BCUT2D eigenvalue weighted by Gasteiger charge is 2.33. The van der Waals surface area contributed by atoms with Gasteiger partial charge in [-0.3, -0.25) is 0 Å². The molecule has 1 aliphatic heterocycles. The Balaban J connectivity index is 2.47. The molecule has 0 saturated carbocycles. The third-order valence-electron chi connectivity index (χ3n) is 3.13.